The number of nitrogens with one attached hydrogen (secondary N) is 1. The Labute approximate surface area is 131 Å². The Bertz CT molecular complexity index is 575. The molecule has 126 valence electrons. The Morgan fingerprint density at radius 3 is 2.78 bits per heavy atom. The van der Waals surface area contributed by atoms with Crippen LogP contribution >= 0.6 is 0 Å². The summed E-state index contributed by atoms with van der Waals surface area (Å²) in [5, 5.41) is 2.25. The van der Waals surface area contributed by atoms with Crippen LogP contribution in [-0.2, 0) is 16.1 Å². The van der Waals surface area contributed by atoms with Crippen LogP contribution in [0.4, 0.5) is 23.7 Å². The van der Waals surface area contributed by atoms with E-state index in [2.05, 4.69) is 10.1 Å². The van der Waals surface area contributed by atoms with Gasteiger partial charge in [-0.2, -0.15) is 13.2 Å². The van der Waals surface area contributed by atoms with Gasteiger partial charge in [0.15, 0.2) is 6.61 Å². The first-order valence-electron chi connectivity index (χ1n) is 7.22. The lowest BCUT2D eigenvalue weighted by atomic mass is 10.1. The number of alkyl carbamates (subject to hydrolysis) is 1. The first kappa shape index (κ1) is 17.1. The highest BCUT2D eigenvalue weighted by molar-refractivity contribution is 5.94. The molecule has 0 atom stereocenters. The number of anilines is 1. The van der Waals surface area contributed by atoms with Crippen LogP contribution < -0.4 is 10.2 Å². The predicted molar refractivity (Wildman–Crippen MR) is 76.9 cm³/mol. The number of carbonyl (C=O) groups is 2. The predicted octanol–water partition coefficient (Wildman–Crippen LogP) is 2.99. The molecule has 0 saturated carbocycles. The largest absolute Gasteiger partial charge is 0.440 e. The van der Waals surface area contributed by atoms with Gasteiger partial charge < -0.3 is 15.0 Å². The Kier molecular flexibility index (Phi) is 5.46. The summed E-state index contributed by atoms with van der Waals surface area (Å²) >= 11 is 0. The van der Waals surface area contributed by atoms with E-state index < -0.39 is 18.9 Å². The molecule has 1 fully saturated rings. The lowest BCUT2D eigenvalue weighted by Gasteiger charge is -2.27. The van der Waals surface area contributed by atoms with E-state index in [9.17, 15) is 22.8 Å². The van der Waals surface area contributed by atoms with Gasteiger partial charge in [0.25, 0.3) is 0 Å². The lowest BCUT2D eigenvalue weighted by molar-refractivity contribution is -0.160. The van der Waals surface area contributed by atoms with Gasteiger partial charge in [0, 0.05) is 25.2 Å². The van der Waals surface area contributed by atoms with E-state index in [0.717, 1.165) is 18.5 Å². The molecule has 1 heterocycles. The smallest absolute Gasteiger partial charge is 0.422 e. The summed E-state index contributed by atoms with van der Waals surface area (Å²) in [4.78, 5) is 24.8. The number of benzene rings is 1. The highest BCUT2D eigenvalue weighted by Gasteiger charge is 2.29. The van der Waals surface area contributed by atoms with Crippen LogP contribution in [0.2, 0.25) is 0 Å². The van der Waals surface area contributed by atoms with Crippen LogP contribution in [0.15, 0.2) is 24.3 Å². The second-order valence-corrected chi connectivity index (χ2v) is 5.22. The first-order valence-corrected chi connectivity index (χ1v) is 7.22. The number of rotatable bonds is 4. The third-order valence-electron chi connectivity index (χ3n) is 3.35. The van der Waals surface area contributed by atoms with Crippen molar-refractivity contribution in [2.75, 3.05) is 18.1 Å². The molecule has 23 heavy (non-hydrogen) atoms. The topological polar surface area (TPSA) is 58.6 Å². The van der Waals surface area contributed by atoms with Crippen LogP contribution in [0.25, 0.3) is 0 Å². The number of alkyl halides is 3. The van der Waals surface area contributed by atoms with Crippen LogP contribution in [-0.4, -0.2) is 31.3 Å². The third kappa shape index (κ3) is 5.46. The zero-order valence-corrected chi connectivity index (χ0v) is 12.4. The average Bonchev–Trinajstić information content (AvgIpc) is 2.51. The molecule has 1 aliphatic heterocycles. The number of halogens is 3. The standard InChI is InChI=1S/C15H17F3N2O3/c16-15(17,18)10-23-14(22)19-9-11-4-3-5-12(8-11)20-7-2-1-6-13(20)21/h3-5,8H,1-2,6-7,9-10H2,(H,19,22). The minimum absolute atomic E-state index is 0.0204. The number of nitrogens with zero attached hydrogens (tertiary/aromatic N) is 1. The maximum absolute atomic E-state index is 11.9. The molecule has 0 spiro atoms. The molecule has 8 heteroatoms. The molecular weight excluding hydrogens is 313 g/mol. The molecule has 2 rings (SSSR count). The average molecular weight is 330 g/mol. The number of amides is 2. The van der Waals surface area contributed by atoms with Crippen LogP contribution in [0.1, 0.15) is 24.8 Å². The van der Waals surface area contributed by atoms with Crippen molar-refractivity contribution in [2.45, 2.75) is 32.0 Å². The molecule has 2 amide bonds. The van der Waals surface area contributed by atoms with E-state index in [0.29, 0.717) is 18.5 Å². The van der Waals surface area contributed by atoms with E-state index in [-0.39, 0.29) is 12.5 Å². The van der Waals surface area contributed by atoms with Crippen molar-refractivity contribution in [1.82, 2.24) is 5.32 Å². The molecular formula is C15H17F3N2O3. The van der Waals surface area contributed by atoms with Crippen molar-refractivity contribution in [1.29, 1.82) is 0 Å². The number of ether oxygens (including phenoxy) is 1. The molecule has 0 aliphatic carbocycles. The van der Waals surface area contributed by atoms with E-state index >= 15 is 0 Å². The quantitative estimate of drug-likeness (QED) is 0.923. The van der Waals surface area contributed by atoms with Gasteiger partial charge in [0.1, 0.15) is 0 Å². The summed E-state index contributed by atoms with van der Waals surface area (Å²) in [5.74, 6) is 0.0472. The minimum Gasteiger partial charge on any atom is -0.440 e. The molecule has 1 aromatic carbocycles. The Morgan fingerprint density at radius 1 is 1.30 bits per heavy atom. The van der Waals surface area contributed by atoms with Crippen LogP contribution in [0, 0.1) is 0 Å². The van der Waals surface area contributed by atoms with Gasteiger partial charge in [0.2, 0.25) is 5.91 Å². The van der Waals surface area contributed by atoms with Gasteiger partial charge in [-0.15, -0.1) is 0 Å². The van der Waals surface area contributed by atoms with Gasteiger partial charge in [-0.3, -0.25) is 4.79 Å². The fraction of sp³-hybridized carbons (Fsp3) is 0.467. The zero-order chi connectivity index (χ0) is 16.9. The molecule has 0 bridgehead atoms. The SMILES string of the molecule is O=C(NCc1cccc(N2CCCCC2=O)c1)OCC(F)(F)F. The second kappa shape index (κ2) is 7.34. The van der Waals surface area contributed by atoms with E-state index in [1.807, 2.05) is 0 Å². The summed E-state index contributed by atoms with van der Waals surface area (Å²) in [7, 11) is 0. The van der Waals surface area contributed by atoms with Crippen molar-refractivity contribution in [3.05, 3.63) is 29.8 Å². The van der Waals surface area contributed by atoms with Crippen LogP contribution in [0.3, 0.4) is 0 Å². The van der Waals surface area contributed by atoms with E-state index in [1.54, 1.807) is 29.2 Å². The van der Waals surface area contributed by atoms with Gasteiger partial charge in [-0.05, 0) is 30.5 Å². The van der Waals surface area contributed by atoms with Crippen molar-refractivity contribution >= 4 is 17.7 Å². The zero-order valence-electron chi connectivity index (χ0n) is 12.4. The Balaban J connectivity index is 1.90. The van der Waals surface area contributed by atoms with E-state index in [1.165, 1.54) is 0 Å². The summed E-state index contributed by atoms with van der Waals surface area (Å²) in [6, 6.07) is 6.96. The number of hydrogen-bond donors (Lipinski definition) is 1. The monoisotopic (exact) mass is 330 g/mol. The fourth-order valence-electron chi connectivity index (χ4n) is 2.29. The highest BCUT2D eigenvalue weighted by atomic mass is 19.4. The number of piperidine rings is 1. The molecule has 0 radical (unpaired) electrons. The second-order valence-electron chi connectivity index (χ2n) is 5.22. The van der Waals surface area contributed by atoms with Crippen molar-refractivity contribution in [2.24, 2.45) is 0 Å². The molecule has 0 unspecified atom stereocenters. The van der Waals surface area contributed by atoms with Crippen molar-refractivity contribution < 1.29 is 27.5 Å². The molecule has 1 saturated heterocycles. The van der Waals surface area contributed by atoms with Gasteiger partial charge in [-0.25, -0.2) is 4.79 Å². The minimum atomic E-state index is -4.55. The number of carbonyl (C=O) groups excluding carboxylic acids is 2. The van der Waals surface area contributed by atoms with Gasteiger partial charge in [0.05, 0.1) is 0 Å². The summed E-state index contributed by atoms with van der Waals surface area (Å²) in [6.45, 7) is -0.961. The van der Waals surface area contributed by atoms with Crippen molar-refractivity contribution in [3.63, 3.8) is 0 Å². The molecule has 1 N–H and O–H groups in total. The van der Waals surface area contributed by atoms with E-state index in [4.69, 9.17) is 0 Å². The van der Waals surface area contributed by atoms with Crippen molar-refractivity contribution in [3.8, 4) is 0 Å². The Hall–Kier alpha value is -2.25. The maximum Gasteiger partial charge on any atom is 0.422 e. The normalized spacial score (nSPS) is 15.4. The fourth-order valence-corrected chi connectivity index (χ4v) is 2.29. The highest BCUT2D eigenvalue weighted by Crippen LogP contribution is 2.22. The molecule has 1 aromatic rings. The molecule has 0 aromatic heterocycles. The summed E-state index contributed by atoms with van der Waals surface area (Å²) in [5.41, 5.74) is 1.39. The lowest BCUT2D eigenvalue weighted by Crippen LogP contribution is -2.35. The molecule has 1 aliphatic rings. The third-order valence-corrected chi connectivity index (χ3v) is 3.35. The summed E-state index contributed by atoms with van der Waals surface area (Å²) in [6.07, 6.45) is -3.38. The Morgan fingerprint density at radius 2 is 2.09 bits per heavy atom. The maximum atomic E-state index is 11.9. The molecule has 5 nitrogen and oxygen atoms in total. The summed E-state index contributed by atoms with van der Waals surface area (Å²) < 4.78 is 39.8. The van der Waals surface area contributed by atoms with Crippen LogP contribution in [0.5, 0.6) is 0 Å². The van der Waals surface area contributed by atoms with Gasteiger partial charge in [-0.1, -0.05) is 12.1 Å². The number of hydrogen-bond acceptors (Lipinski definition) is 3. The van der Waals surface area contributed by atoms with Gasteiger partial charge >= 0.3 is 12.3 Å². The first-order chi connectivity index (χ1) is 10.8.